The maximum Gasteiger partial charge on any atom is 0.304 e. The van der Waals surface area contributed by atoms with E-state index in [2.05, 4.69) is 4.84 Å². The van der Waals surface area contributed by atoms with Gasteiger partial charge >= 0.3 is 11.1 Å². The molecule has 0 spiro atoms. The summed E-state index contributed by atoms with van der Waals surface area (Å²) in [5, 5.41) is 8.57. The lowest BCUT2D eigenvalue weighted by molar-refractivity contribution is -0.729. The Morgan fingerprint density at radius 3 is 2.27 bits per heavy atom. The van der Waals surface area contributed by atoms with Crippen LogP contribution in [0.3, 0.4) is 0 Å². The smallest absolute Gasteiger partial charge is 0.268 e. The van der Waals surface area contributed by atoms with Crippen LogP contribution < -0.4 is 0 Å². The number of rotatable bonds is 2. The Hall–Kier alpha value is -1.13. The molecule has 0 radical (unpaired) electrons. The summed E-state index contributed by atoms with van der Waals surface area (Å²) in [4.78, 5) is 24.0. The minimum atomic E-state index is -1.09. The van der Waals surface area contributed by atoms with Crippen LogP contribution in [0.4, 0.5) is 0 Å². The Morgan fingerprint density at radius 1 is 1.55 bits per heavy atom. The second-order valence-corrected chi connectivity index (χ2v) is 3.42. The molecule has 0 unspecified atom stereocenters. The van der Waals surface area contributed by atoms with Gasteiger partial charge in [-0.3, -0.25) is 4.79 Å². The highest BCUT2D eigenvalue weighted by Crippen LogP contribution is 2.18. The van der Waals surface area contributed by atoms with Crippen molar-refractivity contribution in [2.45, 2.75) is 27.2 Å². The van der Waals surface area contributed by atoms with Crippen LogP contribution in [-0.4, -0.2) is 11.1 Å². The molecule has 0 aromatic heterocycles. The van der Waals surface area contributed by atoms with Gasteiger partial charge in [-0.05, 0) is 5.41 Å². The van der Waals surface area contributed by atoms with Gasteiger partial charge in [0.25, 0.3) is 0 Å². The molecule has 0 aliphatic heterocycles. The number of hydrogen-bond acceptors (Lipinski definition) is 4. The lowest BCUT2D eigenvalue weighted by Crippen LogP contribution is -2.17. The molecule has 0 aromatic carbocycles. The zero-order valence-electron chi connectivity index (χ0n) is 6.79. The Balaban J connectivity index is 3.80. The standard InChI is InChI=1S/C6H11NO4/c1-6(2,3)4-5(8)11-7(9)10/h4H2,1-3H3. The Labute approximate surface area is 64.4 Å². The number of nitrogens with zero attached hydrogens (tertiary/aromatic N) is 1. The van der Waals surface area contributed by atoms with Gasteiger partial charge in [-0.1, -0.05) is 20.8 Å². The first-order chi connectivity index (χ1) is 4.81. The molecule has 11 heavy (non-hydrogen) atoms. The minimum Gasteiger partial charge on any atom is -0.268 e. The van der Waals surface area contributed by atoms with E-state index in [1.54, 1.807) is 20.8 Å². The quantitative estimate of drug-likeness (QED) is 0.450. The Morgan fingerprint density at radius 2 is 2.00 bits per heavy atom. The van der Waals surface area contributed by atoms with E-state index in [0.717, 1.165) is 0 Å². The zero-order chi connectivity index (χ0) is 9.07. The summed E-state index contributed by atoms with van der Waals surface area (Å²) in [6, 6.07) is 0. The third-order valence-electron chi connectivity index (χ3n) is 0.851. The van der Waals surface area contributed by atoms with Crippen molar-refractivity contribution < 1.29 is 14.7 Å². The lowest BCUT2D eigenvalue weighted by Gasteiger charge is -2.14. The number of carbonyl (C=O) groups excluding carboxylic acids is 1. The summed E-state index contributed by atoms with van der Waals surface area (Å²) in [6.07, 6.45) is 0.0496. The van der Waals surface area contributed by atoms with Crippen LogP contribution in [0.2, 0.25) is 0 Å². The zero-order valence-corrected chi connectivity index (χ0v) is 6.79. The van der Waals surface area contributed by atoms with Crippen LogP contribution in [0, 0.1) is 15.5 Å². The summed E-state index contributed by atoms with van der Waals surface area (Å²) >= 11 is 0. The fraction of sp³-hybridized carbons (Fsp3) is 0.833. The van der Waals surface area contributed by atoms with E-state index in [0.29, 0.717) is 0 Å². The first kappa shape index (κ1) is 9.87. The van der Waals surface area contributed by atoms with Crippen LogP contribution in [0.1, 0.15) is 27.2 Å². The highest BCUT2D eigenvalue weighted by atomic mass is 17.0. The van der Waals surface area contributed by atoms with Crippen LogP contribution in [0.15, 0.2) is 0 Å². The first-order valence-corrected chi connectivity index (χ1v) is 3.16. The van der Waals surface area contributed by atoms with E-state index in [1.165, 1.54) is 0 Å². The third kappa shape index (κ3) is 6.76. The monoisotopic (exact) mass is 161 g/mol. The maximum absolute atomic E-state index is 10.6. The predicted octanol–water partition coefficient (Wildman–Crippen LogP) is 1.16. The molecule has 0 aliphatic rings. The molecular weight excluding hydrogens is 150 g/mol. The third-order valence-corrected chi connectivity index (χ3v) is 0.851. The molecule has 0 saturated carbocycles. The van der Waals surface area contributed by atoms with Crippen LogP contribution in [0.25, 0.3) is 0 Å². The Bertz CT molecular complexity index is 170. The van der Waals surface area contributed by atoms with Gasteiger partial charge in [-0.15, -0.1) is 10.1 Å². The molecule has 0 rings (SSSR count). The first-order valence-electron chi connectivity index (χ1n) is 3.16. The van der Waals surface area contributed by atoms with E-state index < -0.39 is 11.1 Å². The normalized spacial score (nSPS) is 10.8. The van der Waals surface area contributed by atoms with Crippen LogP contribution >= 0.6 is 0 Å². The molecule has 0 atom stereocenters. The van der Waals surface area contributed by atoms with E-state index in [4.69, 9.17) is 0 Å². The van der Waals surface area contributed by atoms with E-state index in [-0.39, 0.29) is 11.8 Å². The molecular formula is C6H11NO4. The topological polar surface area (TPSA) is 69.4 Å². The van der Waals surface area contributed by atoms with Gasteiger partial charge < -0.3 is 0 Å². The summed E-state index contributed by atoms with van der Waals surface area (Å²) in [6.45, 7) is 5.40. The van der Waals surface area contributed by atoms with E-state index >= 15 is 0 Å². The molecule has 0 aliphatic carbocycles. The maximum atomic E-state index is 10.6. The molecule has 5 heteroatoms. The van der Waals surface area contributed by atoms with Crippen molar-refractivity contribution in [3.05, 3.63) is 10.1 Å². The molecule has 0 fully saturated rings. The van der Waals surface area contributed by atoms with Gasteiger partial charge in [0.15, 0.2) is 0 Å². The molecule has 0 bridgehead atoms. The fourth-order valence-electron chi connectivity index (χ4n) is 0.548. The Kier molecular flexibility index (Phi) is 2.98. The summed E-state index contributed by atoms with van der Waals surface area (Å²) < 4.78 is 0. The second kappa shape index (κ2) is 3.32. The molecule has 0 aromatic rings. The molecule has 0 amide bonds. The van der Waals surface area contributed by atoms with Crippen molar-refractivity contribution in [3.63, 3.8) is 0 Å². The summed E-state index contributed by atoms with van der Waals surface area (Å²) in [5.41, 5.74) is -0.271. The average molecular weight is 161 g/mol. The fourth-order valence-corrected chi connectivity index (χ4v) is 0.548. The summed E-state index contributed by atoms with van der Waals surface area (Å²) in [5.74, 6) is -0.803. The van der Waals surface area contributed by atoms with E-state index in [1.807, 2.05) is 0 Å². The average Bonchev–Trinajstić information content (AvgIpc) is 1.53. The van der Waals surface area contributed by atoms with E-state index in [9.17, 15) is 14.9 Å². The van der Waals surface area contributed by atoms with Crippen molar-refractivity contribution in [1.29, 1.82) is 0 Å². The van der Waals surface area contributed by atoms with Gasteiger partial charge in [0.05, 0.1) is 0 Å². The van der Waals surface area contributed by atoms with Gasteiger partial charge in [-0.25, -0.2) is 4.84 Å². The predicted molar refractivity (Wildman–Crippen MR) is 37.2 cm³/mol. The van der Waals surface area contributed by atoms with Crippen molar-refractivity contribution in [2.24, 2.45) is 5.41 Å². The van der Waals surface area contributed by atoms with Gasteiger partial charge in [0.2, 0.25) is 0 Å². The van der Waals surface area contributed by atoms with Crippen molar-refractivity contribution in [2.75, 3.05) is 0 Å². The molecule has 0 N–H and O–H groups in total. The minimum absolute atomic E-state index is 0.0496. The molecule has 5 nitrogen and oxygen atoms in total. The number of carbonyl (C=O) groups is 1. The highest BCUT2D eigenvalue weighted by molar-refractivity contribution is 5.69. The van der Waals surface area contributed by atoms with Crippen molar-refractivity contribution >= 4 is 5.97 Å². The summed E-state index contributed by atoms with van der Waals surface area (Å²) in [7, 11) is 0. The molecule has 0 heterocycles. The van der Waals surface area contributed by atoms with Crippen LogP contribution in [-0.2, 0) is 9.63 Å². The largest absolute Gasteiger partial charge is 0.304 e. The van der Waals surface area contributed by atoms with Crippen molar-refractivity contribution in [1.82, 2.24) is 0 Å². The lowest BCUT2D eigenvalue weighted by atomic mass is 9.93. The molecule has 0 saturated heterocycles. The number of hydrogen-bond donors (Lipinski definition) is 0. The molecule has 64 valence electrons. The van der Waals surface area contributed by atoms with Crippen molar-refractivity contribution in [3.8, 4) is 0 Å². The SMILES string of the molecule is CC(C)(C)CC(=O)O[N+](=O)[O-]. The second-order valence-electron chi connectivity index (χ2n) is 3.42. The van der Waals surface area contributed by atoms with Gasteiger partial charge in [0.1, 0.15) is 0 Å². The van der Waals surface area contributed by atoms with Crippen LogP contribution in [0.5, 0.6) is 0 Å². The highest BCUT2D eigenvalue weighted by Gasteiger charge is 2.18. The van der Waals surface area contributed by atoms with Gasteiger partial charge in [0, 0.05) is 6.42 Å². The van der Waals surface area contributed by atoms with Gasteiger partial charge in [-0.2, -0.15) is 0 Å².